The van der Waals surface area contributed by atoms with Gasteiger partial charge in [-0.05, 0) is 48.4 Å². The Morgan fingerprint density at radius 3 is 2.54 bits per heavy atom. The van der Waals surface area contributed by atoms with E-state index in [0.29, 0.717) is 11.5 Å². The van der Waals surface area contributed by atoms with E-state index in [0.717, 1.165) is 21.3 Å². The third kappa shape index (κ3) is 6.42. The largest absolute Gasteiger partial charge is 0.493 e. The first kappa shape index (κ1) is 21.5. The van der Waals surface area contributed by atoms with Gasteiger partial charge in [-0.3, -0.25) is 9.59 Å². The second-order valence-electron chi connectivity index (χ2n) is 6.00. The van der Waals surface area contributed by atoms with Crippen LogP contribution in [0.1, 0.15) is 17.5 Å². The van der Waals surface area contributed by atoms with Crippen molar-refractivity contribution < 1.29 is 19.1 Å². The summed E-state index contributed by atoms with van der Waals surface area (Å²) in [7, 11) is 3.12. The van der Waals surface area contributed by atoms with Crippen molar-refractivity contribution in [1.29, 1.82) is 0 Å². The van der Waals surface area contributed by atoms with Crippen LogP contribution in [0.25, 0.3) is 6.08 Å². The zero-order chi connectivity index (χ0) is 20.5. The molecule has 0 atom stereocenters. The van der Waals surface area contributed by atoms with Gasteiger partial charge in [-0.25, -0.2) is 0 Å². The monoisotopic (exact) mass is 446 g/mol. The van der Waals surface area contributed by atoms with E-state index in [1.165, 1.54) is 6.08 Å². The van der Waals surface area contributed by atoms with Gasteiger partial charge in [0.25, 0.3) is 0 Å². The fraction of sp³-hybridized carbons (Fsp3) is 0.238. The van der Waals surface area contributed by atoms with Crippen LogP contribution in [0.5, 0.6) is 11.5 Å². The third-order valence-electron chi connectivity index (χ3n) is 3.96. The molecule has 0 spiro atoms. The van der Waals surface area contributed by atoms with Crippen molar-refractivity contribution in [2.45, 2.75) is 13.3 Å². The lowest BCUT2D eigenvalue weighted by atomic mass is 10.2. The molecule has 28 heavy (non-hydrogen) atoms. The van der Waals surface area contributed by atoms with Crippen molar-refractivity contribution in [2.75, 3.05) is 26.1 Å². The van der Waals surface area contributed by atoms with Gasteiger partial charge < -0.3 is 20.1 Å². The van der Waals surface area contributed by atoms with Gasteiger partial charge >= 0.3 is 0 Å². The summed E-state index contributed by atoms with van der Waals surface area (Å²) in [5.74, 6) is 0.770. The van der Waals surface area contributed by atoms with Crippen LogP contribution in [0.3, 0.4) is 0 Å². The predicted molar refractivity (Wildman–Crippen MR) is 114 cm³/mol. The number of hydrogen-bond donors (Lipinski definition) is 2. The van der Waals surface area contributed by atoms with Gasteiger partial charge in [-0.15, -0.1) is 0 Å². The highest BCUT2D eigenvalue weighted by Crippen LogP contribution is 2.27. The minimum absolute atomic E-state index is 0.162. The van der Waals surface area contributed by atoms with Crippen LogP contribution >= 0.6 is 15.9 Å². The number of hydrogen-bond acceptors (Lipinski definition) is 4. The summed E-state index contributed by atoms with van der Waals surface area (Å²) < 4.78 is 11.3. The predicted octanol–water partition coefficient (Wildman–Crippen LogP) is 3.93. The maximum absolute atomic E-state index is 12.0. The van der Waals surface area contributed by atoms with Crippen LogP contribution in [-0.4, -0.2) is 32.6 Å². The van der Waals surface area contributed by atoms with Gasteiger partial charge in [-0.1, -0.05) is 28.1 Å². The minimum atomic E-state index is -0.277. The molecular formula is C21H23BrN2O4. The summed E-state index contributed by atoms with van der Waals surface area (Å²) >= 11 is 3.38. The first-order valence-electron chi connectivity index (χ1n) is 8.67. The van der Waals surface area contributed by atoms with Gasteiger partial charge in [0.05, 0.1) is 14.2 Å². The molecule has 0 fully saturated rings. The smallest absolute Gasteiger partial charge is 0.244 e. The standard InChI is InChI=1S/C21H23BrN2O4/c1-14-4-7-16(22)13-17(14)24-21(26)10-11-23-20(25)9-6-15-5-8-18(27-2)19(12-15)28-3/h4-9,12-13H,10-11H2,1-3H3,(H,23,25)(H,24,26)/b9-6+. The van der Waals surface area contributed by atoms with E-state index in [1.54, 1.807) is 32.4 Å². The molecule has 0 heterocycles. The van der Waals surface area contributed by atoms with Crippen molar-refractivity contribution in [3.05, 3.63) is 58.1 Å². The summed E-state index contributed by atoms with van der Waals surface area (Å²) in [5.41, 5.74) is 2.52. The highest BCUT2D eigenvalue weighted by Gasteiger charge is 2.06. The molecule has 0 bridgehead atoms. The number of ether oxygens (including phenoxy) is 2. The van der Waals surface area contributed by atoms with E-state index in [-0.39, 0.29) is 24.8 Å². The maximum Gasteiger partial charge on any atom is 0.244 e. The van der Waals surface area contributed by atoms with Crippen LogP contribution in [0.4, 0.5) is 5.69 Å². The second-order valence-corrected chi connectivity index (χ2v) is 6.91. The fourth-order valence-corrected chi connectivity index (χ4v) is 2.79. The molecular weight excluding hydrogens is 424 g/mol. The van der Waals surface area contributed by atoms with Crippen LogP contribution in [-0.2, 0) is 9.59 Å². The summed E-state index contributed by atoms with van der Waals surface area (Å²) in [6, 6.07) is 11.0. The molecule has 2 amide bonds. The Balaban J connectivity index is 1.81. The number of aryl methyl sites for hydroxylation is 1. The molecule has 6 nitrogen and oxygen atoms in total. The van der Waals surface area contributed by atoms with Crippen molar-refractivity contribution in [1.82, 2.24) is 5.32 Å². The molecule has 2 aromatic rings. The molecule has 0 saturated heterocycles. The number of benzene rings is 2. The molecule has 0 unspecified atom stereocenters. The van der Waals surface area contributed by atoms with Crippen molar-refractivity contribution in [3.63, 3.8) is 0 Å². The quantitative estimate of drug-likeness (QED) is 0.602. The zero-order valence-electron chi connectivity index (χ0n) is 16.0. The van der Waals surface area contributed by atoms with Gasteiger partial charge in [0, 0.05) is 29.2 Å². The lowest BCUT2D eigenvalue weighted by molar-refractivity contribution is -0.117. The van der Waals surface area contributed by atoms with E-state index in [1.807, 2.05) is 31.2 Å². The lowest BCUT2D eigenvalue weighted by Crippen LogP contribution is -2.26. The highest BCUT2D eigenvalue weighted by molar-refractivity contribution is 9.10. The number of methoxy groups -OCH3 is 2. The molecule has 7 heteroatoms. The molecule has 2 N–H and O–H groups in total. The topological polar surface area (TPSA) is 76.7 Å². The first-order chi connectivity index (χ1) is 13.4. The Hall–Kier alpha value is -2.80. The van der Waals surface area contributed by atoms with Crippen LogP contribution in [0, 0.1) is 6.92 Å². The first-order valence-corrected chi connectivity index (χ1v) is 9.46. The Kier molecular flexibility index (Phi) is 8.07. The van der Waals surface area contributed by atoms with Crippen molar-refractivity contribution >= 4 is 39.5 Å². The van der Waals surface area contributed by atoms with E-state index >= 15 is 0 Å². The second kappa shape index (κ2) is 10.5. The number of anilines is 1. The Morgan fingerprint density at radius 1 is 1.07 bits per heavy atom. The average Bonchev–Trinajstić information content (AvgIpc) is 2.68. The summed E-state index contributed by atoms with van der Waals surface area (Å²) in [4.78, 5) is 24.0. The molecule has 0 aliphatic carbocycles. The molecule has 2 aromatic carbocycles. The van der Waals surface area contributed by atoms with Crippen LogP contribution in [0.2, 0.25) is 0 Å². The number of carbonyl (C=O) groups is 2. The number of nitrogens with one attached hydrogen (secondary N) is 2. The minimum Gasteiger partial charge on any atom is -0.493 e. The fourth-order valence-electron chi connectivity index (χ4n) is 2.43. The number of amides is 2. The molecule has 0 radical (unpaired) electrons. The van der Waals surface area contributed by atoms with Gasteiger partial charge in [0.2, 0.25) is 11.8 Å². The molecule has 0 aliphatic heterocycles. The molecule has 0 aliphatic rings. The zero-order valence-corrected chi connectivity index (χ0v) is 17.6. The highest BCUT2D eigenvalue weighted by atomic mass is 79.9. The molecule has 0 saturated carbocycles. The van der Waals surface area contributed by atoms with Crippen LogP contribution in [0.15, 0.2) is 46.9 Å². The SMILES string of the molecule is COc1ccc(/C=C/C(=O)NCCC(=O)Nc2cc(Br)ccc2C)cc1OC. The Morgan fingerprint density at radius 2 is 1.82 bits per heavy atom. The van der Waals surface area contributed by atoms with E-state index in [4.69, 9.17) is 9.47 Å². The molecule has 0 aromatic heterocycles. The number of rotatable bonds is 8. The summed E-state index contributed by atoms with van der Waals surface area (Å²) in [6.45, 7) is 2.16. The summed E-state index contributed by atoms with van der Waals surface area (Å²) in [6.07, 6.45) is 3.27. The van der Waals surface area contributed by atoms with Crippen molar-refractivity contribution in [2.24, 2.45) is 0 Å². The third-order valence-corrected chi connectivity index (χ3v) is 4.45. The maximum atomic E-state index is 12.0. The van der Waals surface area contributed by atoms with E-state index in [2.05, 4.69) is 26.6 Å². The number of carbonyl (C=O) groups excluding carboxylic acids is 2. The lowest BCUT2D eigenvalue weighted by Gasteiger charge is -2.09. The van der Waals surface area contributed by atoms with Gasteiger partial charge in [0.1, 0.15) is 0 Å². The van der Waals surface area contributed by atoms with E-state index in [9.17, 15) is 9.59 Å². The Labute approximate surface area is 173 Å². The van der Waals surface area contributed by atoms with Gasteiger partial charge in [0.15, 0.2) is 11.5 Å². The van der Waals surface area contributed by atoms with Crippen molar-refractivity contribution in [3.8, 4) is 11.5 Å². The summed E-state index contributed by atoms with van der Waals surface area (Å²) in [5, 5.41) is 5.54. The molecule has 2 rings (SSSR count). The van der Waals surface area contributed by atoms with E-state index < -0.39 is 0 Å². The normalized spacial score (nSPS) is 10.6. The Bertz CT molecular complexity index is 881. The molecule has 148 valence electrons. The average molecular weight is 447 g/mol. The van der Waals surface area contributed by atoms with Crippen LogP contribution < -0.4 is 20.1 Å². The number of halogens is 1. The van der Waals surface area contributed by atoms with Gasteiger partial charge in [-0.2, -0.15) is 0 Å².